The first kappa shape index (κ1) is 17.7. The van der Waals surface area contributed by atoms with Crippen LogP contribution in [0.1, 0.15) is 13.8 Å². The normalized spacial score (nSPS) is 10.4. The molecule has 1 aromatic heterocycles. The summed E-state index contributed by atoms with van der Waals surface area (Å²) in [6.07, 6.45) is 1.47. The summed E-state index contributed by atoms with van der Waals surface area (Å²) >= 11 is 0. The van der Waals surface area contributed by atoms with Gasteiger partial charge in [-0.3, -0.25) is 0 Å². The van der Waals surface area contributed by atoms with Gasteiger partial charge in [0, 0.05) is 36.2 Å². The second kappa shape index (κ2) is 8.29. The van der Waals surface area contributed by atoms with Crippen LogP contribution in [0.5, 0.6) is 0 Å². The van der Waals surface area contributed by atoms with Crippen LogP contribution in [0.15, 0.2) is 60.9 Å². The van der Waals surface area contributed by atoms with E-state index in [-0.39, 0.29) is 5.82 Å². The van der Waals surface area contributed by atoms with Crippen molar-refractivity contribution in [1.29, 1.82) is 0 Å². The number of benzene rings is 2. The number of halogens is 1. The summed E-state index contributed by atoms with van der Waals surface area (Å²) in [4.78, 5) is 10.7. The van der Waals surface area contributed by atoms with E-state index in [2.05, 4.69) is 51.5 Å². The number of rotatable bonds is 7. The van der Waals surface area contributed by atoms with Crippen LogP contribution in [-0.4, -0.2) is 23.1 Å². The smallest absolute Gasteiger partial charge is 0.135 e. The second-order valence-electron chi connectivity index (χ2n) is 5.77. The van der Waals surface area contributed by atoms with Crippen molar-refractivity contribution in [2.45, 2.75) is 13.8 Å². The highest BCUT2D eigenvalue weighted by atomic mass is 19.1. The summed E-state index contributed by atoms with van der Waals surface area (Å²) in [5, 5.41) is 6.33. The quantitative estimate of drug-likeness (QED) is 0.631. The van der Waals surface area contributed by atoms with E-state index in [9.17, 15) is 4.39 Å². The molecule has 0 bridgehead atoms. The number of nitrogens with zero attached hydrogens (tertiary/aromatic N) is 3. The molecule has 26 heavy (non-hydrogen) atoms. The van der Waals surface area contributed by atoms with Crippen molar-refractivity contribution in [3.8, 4) is 0 Å². The van der Waals surface area contributed by atoms with Gasteiger partial charge in [0.2, 0.25) is 0 Å². The van der Waals surface area contributed by atoms with Gasteiger partial charge in [-0.2, -0.15) is 0 Å². The molecule has 6 heteroatoms. The highest BCUT2D eigenvalue weighted by molar-refractivity contribution is 5.64. The Kier molecular flexibility index (Phi) is 5.63. The molecule has 0 radical (unpaired) electrons. The Balaban J connectivity index is 1.70. The van der Waals surface area contributed by atoms with Crippen LogP contribution in [0.25, 0.3) is 0 Å². The van der Waals surface area contributed by atoms with E-state index in [1.807, 2.05) is 12.1 Å². The molecule has 2 N–H and O–H groups in total. The molecular formula is C20H22FN5. The van der Waals surface area contributed by atoms with Crippen molar-refractivity contribution in [3.05, 3.63) is 66.7 Å². The zero-order valence-corrected chi connectivity index (χ0v) is 14.9. The maximum Gasteiger partial charge on any atom is 0.135 e. The molecule has 0 amide bonds. The first-order valence-corrected chi connectivity index (χ1v) is 8.64. The molecule has 0 spiro atoms. The Morgan fingerprint density at radius 2 is 1.50 bits per heavy atom. The summed E-state index contributed by atoms with van der Waals surface area (Å²) < 4.78 is 13.3. The molecule has 2 aromatic carbocycles. The number of aromatic nitrogens is 2. The molecular weight excluding hydrogens is 329 g/mol. The Labute approximate surface area is 152 Å². The lowest BCUT2D eigenvalue weighted by Crippen LogP contribution is -2.21. The molecule has 3 rings (SSSR count). The zero-order valence-electron chi connectivity index (χ0n) is 14.9. The summed E-state index contributed by atoms with van der Waals surface area (Å²) in [6.45, 7) is 6.24. The molecule has 0 atom stereocenters. The summed E-state index contributed by atoms with van der Waals surface area (Å²) in [5.74, 6) is 0.957. The van der Waals surface area contributed by atoms with E-state index in [4.69, 9.17) is 0 Å². The van der Waals surface area contributed by atoms with Gasteiger partial charge in [-0.15, -0.1) is 0 Å². The number of anilines is 5. The molecule has 0 fully saturated rings. The van der Waals surface area contributed by atoms with E-state index >= 15 is 0 Å². The largest absolute Gasteiger partial charge is 0.372 e. The third-order valence-electron chi connectivity index (χ3n) is 4.03. The molecule has 1 heterocycles. The number of hydrogen-bond acceptors (Lipinski definition) is 5. The molecule has 0 saturated heterocycles. The van der Waals surface area contributed by atoms with E-state index in [0.29, 0.717) is 17.3 Å². The first-order valence-electron chi connectivity index (χ1n) is 8.64. The Morgan fingerprint density at radius 3 is 2.12 bits per heavy atom. The average Bonchev–Trinajstić information content (AvgIpc) is 2.64. The van der Waals surface area contributed by atoms with Crippen LogP contribution < -0.4 is 15.5 Å². The van der Waals surface area contributed by atoms with Crippen molar-refractivity contribution in [2.75, 3.05) is 28.6 Å². The van der Waals surface area contributed by atoms with Gasteiger partial charge in [0.1, 0.15) is 23.8 Å². The lowest BCUT2D eigenvalue weighted by atomic mass is 10.2. The number of nitrogens with one attached hydrogen (secondary N) is 2. The van der Waals surface area contributed by atoms with E-state index in [1.165, 1.54) is 24.1 Å². The van der Waals surface area contributed by atoms with Crippen molar-refractivity contribution in [1.82, 2.24) is 9.97 Å². The SMILES string of the molecule is CCN(CC)c1ccc(Nc2cc(Nc3cccc(F)c3)ncn2)cc1. The van der Waals surface area contributed by atoms with Crippen molar-refractivity contribution in [3.63, 3.8) is 0 Å². The van der Waals surface area contributed by atoms with Crippen LogP contribution >= 0.6 is 0 Å². The van der Waals surface area contributed by atoms with Gasteiger partial charge in [0.25, 0.3) is 0 Å². The Morgan fingerprint density at radius 1 is 0.846 bits per heavy atom. The fourth-order valence-electron chi connectivity index (χ4n) is 2.70. The van der Waals surface area contributed by atoms with Gasteiger partial charge in [-0.05, 0) is 56.3 Å². The molecule has 3 aromatic rings. The monoisotopic (exact) mass is 351 g/mol. The summed E-state index contributed by atoms with van der Waals surface area (Å²) in [5.41, 5.74) is 2.77. The second-order valence-corrected chi connectivity index (χ2v) is 5.77. The average molecular weight is 351 g/mol. The van der Waals surface area contributed by atoms with Crippen LogP contribution in [-0.2, 0) is 0 Å². The fourth-order valence-corrected chi connectivity index (χ4v) is 2.70. The third-order valence-corrected chi connectivity index (χ3v) is 4.03. The third kappa shape index (κ3) is 4.47. The van der Waals surface area contributed by atoms with Crippen LogP contribution in [0.4, 0.5) is 33.1 Å². The standard InChI is InChI=1S/C20H22FN5/c1-3-26(4-2)18-10-8-16(9-11-18)24-19-13-20(23-14-22-19)25-17-7-5-6-15(21)12-17/h5-14H,3-4H2,1-2H3,(H2,22,23,24,25). The number of hydrogen-bond donors (Lipinski definition) is 2. The highest BCUT2D eigenvalue weighted by Gasteiger charge is 2.04. The lowest BCUT2D eigenvalue weighted by Gasteiger charge is -2.21. The van der Waals surface area contributed by atoms with Gasteiger partial charge in [-0.25, -0.2) is 14.4 Å². The molecule has 5 nitrogen and oxygen atoms in total. The minimum Gasteiger partial charge on any atom is -0.372 e. The van der Waals surface area contributed by atoms with Gasteiger partial charge >= 0.3 is 0 Å². The minimum absolute atomic E-state index is 0.296. The molecule has 0 aliphatic rings. The predicted molar refractivity (Wildman–Crippen MR) is 105 cm³/mol. The van der Waals surface area contributed by atoms with Crippen molar-refractivity contribution >= 4 is 28.7 Å². The van der Waals surface area contributed by atoms with Crippen LogP contribution in [0, 0.1) is 5.82 Å². The Bertz CT molecular complexity index is 847. The van der Waals surface area contributed by atoms with E-state index in [0.717, 1.165) is 18.8 Å². The van der Waals surface area contributed by atoms with Crippen molar-refractivity contribution in [2.24, 2.45) is 0 Å². The molecule has 0 saturated carbocycles. The molecule has 0 aliphatic carbocycles. The highest BCUT2D eigenvalue weighted by Crippen LogP contribution is 2.22. The van der Waals surface area contributed by atoms with Gasteiger partial charge in [0.15, 0.2) is 0 Å². The first-order chi connectivity index (χ1) is 12.7. The van der Waals surface area contributed by atoms with Gasteiger partial charge < -0.3 is 15.5 Å². The van der Waals surface area contributed by atoms with E-state index in [1.54, 1.807) is 18.2 Å². The summed E-state index contributed by atoms with van der Waals surface area (Å²) in [6, 6.07) is 16.2. The van der Waals surface area contributed by atoms with E-state index < -0.39 is 0 Å². The topological polar surface area (TPSA) is 53.1 Å². The zero-order chi connectivity index (χ0) is 18.4. The lowest BCUT2D eigenvalue weighted by molar-refractivity contribution is 0.628. The minimum atomic E-state index is -0.296. The predicted octanol–water partition coefficient (Wildman–Crippen LogP) is 4.95. The maximum absolute atomic E-state index is 13.3. The summed E-state index contributed by atoms with van der Waals surface area (Å²) in [7, 11) is 0. The molecule has 0 unspecified atom stereocenters. The van der Waals surface area contributed by atoms with Crippen LogP contribution in [0.2, 0.25) is 0 Å². The molecule has 0 aliphatic heterocycles. The Hall–Kier alpha value is -3.15. The van der Waals surface area contributed by atoms with Crippen LogP contribution in [0.3, 0.4) is 0 Å². The maximum atomic E-state index is 13.3. The van der Waals surface area contributed by atoms with Crippen molar-refractivity contribution < 1.29 is 4.39 Å². The van der Waals surface area contributed by atoms with Gasteiger partial charge in [0.05, 0.1) is 0 Å². The molecule has 134 valence electrons. The van der Waals surface area contributed by atoms with Gasteiger partial charge in [-0.1, -0.05) is 6.07 Å². The fraction of sp³-hybridized carbons (Fsp3) is 0.200.